The molecule has 1 aromatic carbocycles. The second kappa shape index (κ2) is 5.73. The first-order valence-corrected chi connectivity index (χ1v) is 7.66. The van der Waals surface area contributed by atoms with Crippen molar-refractivity contribution in [1.29, 1.82) is 0 Å². The van der Waals surface area contributed by atoms with Crippen LogP contribution in [0.1, 0.15) is 21.1 Å². The molecule has 1 N–H and O–H groups in total. The molecular weight excluding hydrogens is 298 g/mol. The van der Waals surface area contributed by atoms with E-state index in [1.54, 1.807) is 37.4 Å². The number of aromatic amines is 1. The van der Waals surface area contributed by atoms with Crippen LogP contribution in [-0.2, 0) is 6.54 Å². The van der Waals surface area contributed by atoms with Crippen LogP contribution in [0.3, 0.4) is 0 Å². The molecule has 3 aromatic rings. The van der Waals surface area contributed by atoms with E-state index in [9.17, 15) is 9.59 Å². The molecule has 6 heteroatoms. The van der Waals surface area contributed by atoms with Crippen molar-refractivity contribution in [2.24, 2.45) is 0 Å². The maximum absolute atomic E-state index is 12.4. The molecule has 0 spiro atoms. The zero-order valence-corrected chi connectivity index (χ0v) is 13.1. The first kappa shape index (κ1) is 14.5. The van der Waals surface area contributed by atoms with Gasteiger partial charge in [0, 0.05) is 12.7 Å². The third-order valence-corrected chi connectivity index (χ3v) is 4.36. The maximum Gasteiger partial charge on any atom is 0.260 e. The van der Waals surface area contributed by atoms with Crippen molar-refractivity contribution in [3.63, 3.8) is 0 Å². The van der Waals surface area contributed by atoms with Gasteiger partial charge in [-0.2, -0.15) is 0 Å². The summed E-state index contributed by atoms with van der Waals surface area (Å²) in [6, 6.07) is 11.1. The summed E-state index contributed by atoms with van der Waals surface area (Å²) in [4.78, 5) is 32.9. The van der Waals surface area contributed by atoms with Crippen LogP contribution in [0.4, 0.5) is 0 Å². The number of rotatable bonds is 3. The fourth-order valence-electron chi connectivity index (χ4n) is 2.21. The fraction of sp³-hybridized carbons (Fsp3) is 0.188. The van der Waals surface area contributed by atoms with E-state index in [4.69, 9.17) is 0 Å². The molecule has 0 aliphatic heterocycles. The Morgan fingerprint density at radius 3 is 2.77 bits per heavy atom. The van der Waals surface area contributed by atoms with E-state index in [0.29, 0.717) is 6.54 Å². The molecule has 0 aliphatic carbocycles. The lowest BCUT2D eigenvalue weighted by molar-refractivity contribution is 0.0783. The number of hydrogen-bond donors (Lipinski definition) is 1. The standard InChI is InChI=1S/C16H15N3O2S/c1-10-7-8-11(15(20)17-10)16(21)19(2)9-14-18-12-5-3-4-6-13(12)22-14/h3-8H,9H2,1-2H3,(H,17,20). The minimum absolute atomic E-state index is 0.147. The van der Waals surface area contributed by atoms with Crippen LogP contribution in [0, 0.1) is 6.92 Å². The third kappa shape index (κ3) is 2.78. The number of para-hydroxylation sites is 1. The number of amides is 1. The highest BCUT2D eigenvalue weighted by Crippen LogP contribution is 2.22. The number of H-pyrrole nitrogens is 1. The Morgan fingerprint density at radius 2 is 2.05 bits per heavy atom. The molecule has 5 nitrogen and oxygen atoms in total. The molecule has 0 atom stereocenters. The number of aryl methyl sites for hydroxylation is 1. The van der Waals surface area contributed by atoms with Crippen LogP contribution in [0.5, 0.6) is 0 Å². The molecule has 0 saturated carbocycles. The Kier molecular flexibility index (Phi) is 3.77. The first-order valence-electron chi connectivity index (χ1n) is 6.84. The van der Waals surface area contributed by atoms with Gasteiger partial charge in [0.25, 0.3) is 11.5 Å². The monoisotopic (exact) mass is 313 g/mol. The number of thiazole rings is 1. The lowest BCUT2D eigenvalue weighted by Gasteiger charge is -2.15. The molecule has 0 saturated heterocycles. The quantitative estimate of drug-likeness (QED) is 0.808. The Hall–Kier alpha value is -2.47. The van der Waals surface area contributed by atoms with E-state index < -0.39 is 0 Å². The summed E-state index contributed by atoms with van der Waals surface area (Å²) in [5.74, 6) is -0.305. The lowest BCUT2D eigenvalue weighted by atomic mass is 10.2. The Labute approximate surface area is 131 Å². The Balaban J connectivity index is 1.82. The van der Waals surface area contributed by atoms with Gasteiger partial charge in [-0.15, -0.1) is 11.3 Å². The molecule has 0 fully saturated rings. The highest BCUT2D eigenvalue weighted by atomic mass is 32.1. The molecule has 112 valence electrons. The topological polar surface area (TPSA) is 66.1 Å². The third-order valence-electron chi connectivity index (χ3n) is 3.34. The summed E-state index contributed by atoms with van der Waals surface area (Å²) in [6.07, 6.45) is 0. The zero-order chi connectivity index (χ0) is 15.7. The average Bonchev–Trinajstić information content (AvgIpc) is 2.88. The summed E-state index contributed by atoms with van der Waals surface area (Å²) in [7, 11) is 1.67. The fourth-order valence-corrected chi connectivity index (χ4v) is 3.23. The molecule has 0 bridgehead atoms. The second-order valence-corrected chi connectivity index (χ2v) is 6.24. The van der Waals surface area contributed by atoms with E-state index in [0.717, 1.165) is 20.9 Å². The minimum atomic E-state index is -0.360. The number of hydrogen-bond acceptors (Lipinski definition) is 4. The van der Waals surface area contributed by atoms with Gasteiger partial charge < -0.3 is 9.88 Å². The van der Waals surface area contributed by atoms with Crippen LogP contribution < -0.4 is 5.56 Å². The van der Waals surface area contributed by atoms with Gasteiger partial charge >= 0.3 is 0 Å². The van der Waals surface area contributed by atoms with Crippen LogP contribution in [0.25, 0.3) is 10.2 Å². The number of carbonyl (C=O) groups is 1. The number of nitrogens with one attached hydrogen (secondary N) is 1. The molecule has 22 heavy (non-hydrogen) atoms. The van der Waals surface area contributed by atoms with Gasteiger partial charge in [-0.3, -0.25) is 9.59 Å². The first-order chi connectivity index (χ1) is 10.5. The molecule has 0 radical (unpaired) electrons. The Morgan fingerprint density at radius 1 is 1.27 bits per heavy atom. The molecule has 3 rings (SSSR count). The average molecular weight is 313 g/mol. The van der Waals surface area contributed by atoms with Crippen LogP contribution >= 0.6 is 11.3 Å². The predicted molar refractivity (Wildman–Crippen MR) is 87.2 cm³/mol. The van der Waals surface area contributed by atoms with Gasteiger partial charge in [0.05, 0.1) is 16.8 Å². The van der Waals surface area contributed by atoms with Crippen LogP contribution in [-0.4, -0.2) is 27.8 Å². The number of fused-ring (bicyclic) bond motifs is 1. The van der Waals surface area contributed by atoms with E-state index in [2.05, 4.69) is 9.97 Å². The Bertz CT molecular complexity index is 865. The summed E-state index contributed by atoms with van der Waals surface area (Å²) in [5.41, 5.74) is 1.45. The van der Waals surface area contributed by atoms with Gasteiger partial charge in [0.2, 0.25) is 0 Å². The zero-order valence-electron chi connectivity index (χ0n) is 12.3. The predicted octanol–water partition coefficient (Wildman–Crippen LogP) is 2.57. The number of benzene rings is 1. The van der Waals surface area contributed by atoms with Gasteiger partial charge in [-0.05, 0) is 31.2 Å². The maximum atomic E-state index is 12.4. The highest BCUT2D eigenvalue weighted by Gasteiger charge is 2.17. The van der Waals surface area contributed by atoms with Gasteiger partial charge in [0.15, 0.2) is 0 Å². The van der Waals surface area contributed by atoms with Gasteiger partial charge in [0.1, 0.15) is 10.6 Å². The SMILES string of the molecule is Cc1ccc(C(=O)N(C)Cc2nc3ccccc3s2)c(=O)[nH]1. The summed E-state index contributed by atoms with van der Waals surface area (Å²) >= 11 is 1.55. The number of carbonyl (C=O) groups excluding carboxylic acids is 1. The molecule has 2 heterocycles. The molecule has 0 aliphatic rings. The molecular formula is C16H15N3O2S. The number of pyridine rings is 1. The second-order valence-electron chi connectivity index (χ2n) is 5.12. The summed E-state index contributed by atoms with van der Waals surface area (Å²) in [5, 5.41) is 0.848. The van der Waals surface area contributed by atoms with Crippen molar-refractivity contribution >= 4 is 27.5 Å². The molecule has 0 unspecified atom stereocenters. The van der Waals surface area contributed by atoms with Crippen molar-refractivity contribution in [3.8, 4) is 0 Å². The summed E-state index contributed by atoms with van der Waals surface area (Å²) < 4.78 is 1.09. The van der Waals surface area contributed by atoms with Crippen molar-refractivity contribution in [2.75, 3.05) is 7.05 Å². The van der Waals surface area contributed by atoms with Gasteiger partial charge in [-0.1, -0.05) is 12.1 Å². The van der Waals surface area contributed by atoms with E-state index >= 15 is 0 Å². The van der Waals surface area contributed by atoms with Crippen molar-refractivity contribution in [1.82, 2.24) is 14.9 Å². The van der Waals surface area contributed by atoms with Gasteiger partial charge in [-0.25, -0.2) is 4.98 Å². The van der Waals surface area contributed by atoms with Crippen molar-refractivity contribution in [2.45, 2.75) is 13.5 Å². The smallest absolute Gasteiger partial charge is 0.260 e. The van der Waals surface area contributed by atoms with E-state index in [1.807, 2.05) is 24.3 Å². The lowest BCUT2D eigenvalue weighted by Crippen LogP contribution is -2.31. The van der Waals surface area contributed by atoms with E-state index in [-0.39, 0.29) is 17.0 Å². The van der Waals surface area contributed by atoms with Crippen molar-refractivity contribution < 1.29 is 4.79 Å². The summed E-state index contributed by atoms with van der Waals surface area (Å²) in [6.45, 7) is 2.16. The largest absolute Gasteiger partial charge is 0.335 e. The van der Waals surface area contributed by atoms with Crippen LogP contribution in [0.15, 0.2) is 41.2 Å². The minimum Gasteiger partial charge on any atom is -0.335 e. The van der Waals surface area contributed by atoms with E-state index in [1.165, 1.54) is 4.90 Å². The molecule has 1 amide bonds. The number of nitrogens with zero attached hydrogens (tertiary/aromatic N) is 2. The highest BCUT2D eigenvalue weighted by molar-refractivity contribution is 7.18. The molecule has 2 aromatic heterocycles. The van der Waals surface area contributed by atoms with Crippen molar-refractivity contribution in [3.05, 3.63) is 63.0 Å². The van der Waals surface area contributed by atoms with Crippen LogP contribution in [0.2, 0.25) is 0 Å². The number of aromatic nitrogens is 2. The normalized spacial score (nSPS) is 10.8.